The van der Waals surface area contributed by atoms with Gasteiger partial charge in [-0.05, 0) is 34.7 Å². The van der Waals surface area contributed by atoms with Crippen molar-refractivity contribution in [2.45, 2.75) is 57.2 Å². The molecule has 0 heterocycles. The summed E-state index contributed by atoms with van der Waals surface area (Å²) in [5.41, 5.74) is 7.90. The summed E-state index contributed by atoms with van der Waals surface area (Å²) in [5, 5.41) is 17.0. The fourth-order valence-corrected chi connectivity index (χ4v) is 3.99. The van der Waals surface area contributed by atoms with Gasteiger partial charge < -0.3 is 21.5 Å². The molecule has 0 spiro atoms. The van der Waals surface area contributed by atoms with Crippen molar-refractivity contribution in [2.75, 3.05) is 0 Å². The highest BCUT2D eigenvalue weighted by molar-refractivity contribution is 5.92. The molecule has 3 rings (SSSR count). The summed E-state index contributed by atoms with van der Waals surface area (Å²) >= 11 is 0. The predicted octanol–water partition coefficient (Wildman–Crippen LogP) is 3.20. The predicted molar refractivity (Wildman–Crippen MR) is 137 cm³/mol. The van der Waals surface area contributed by atoms with Crippen molar-refractivity contribution in [1.82, 2.24) is 10.6 Å². The van der Waals surface area contributed by atoms with Gasteiger partial charge in [-0.3, -0.25) is 9.59 Å². The number of unbranched alkanes of at least 4 members (excludes halogenated alkanes) is 1. The Labute approximate surface area is 205 Å². The highest BCUT2D eigenvalue weighted by Gasteiger charge is 2.28. The van der Waals surface area contributed by atoms with Gasteiger partial charge in [-0.1, -0.05) is 92.6 Å². The first kappa shape index (κ1) is 25.9. The van der Waals surface area contributed by atoms with Crippen LogP contribution in [0.25, 0.3) is 10.8 Å². The average molecular weight is 476 g/mol. The van der Waals surface area contributed by atoms with Crippen molar-refractivity contribution >= 4 is 28.6 Å². The number of amides is 2. The standard InChI is InChI=1S/C28H33N3O4/c1-2-3-13-24(28(34)35)30-27(33)25(18-20-14-15-21-11-7-8-12-22(21)16-20)31-26(32)23(29)17-19-9-5-4-6-10-19/h4-12,14-16,23-25H,2-3,13,17-18,29H2,1H3,(H,30,33)(H,31,32)(H,34,35)/t23-,24-,25-/m0/s1. The Morgan fingerprint density at radius 1 is 0.800 bits per heavy atom. The molecule has 0 aliphatic carbocycles. The van der Waals surface area contributed by atoms with Gasteiger partial charge in [0, 0.05) is 6.42 Å². The molecule has 0 aliphatic rings. The number of fused-ring (bicyclic) bond motifs is 1. The Balaban J connectivity index is 1.78. The topological polar surface area (TPSA) is 122 Å². The van der Waals surface area contributed by atoms with Gasteiger partial charge in [0.2, 0.25) is 11.8 Å². The van der Waals surface area contributed by atoms with Gasteiger partial charge in [0.15, 0.2) is 0 Å². The minimum Gasteiger partial charge on any atom is -0.480 e. The van der Waals surface area contributed by atoms with Crippen LogP contribution in [0.1, 0.15) is 37.3 Å². The van der Waals surface area contributed by atoms with Crippen molar-refractivity contribution in [2.24, 2.45) is 5.73 Å². The highest BCUT2D eigenvalue weighted by Crippen LogP contribution is 2.17. The molecule has 3 atom stereocenters. The molecule has 35 heavy (non-hydrogen) atoms. The third-order valence-electron chi connectivity index (χ3n) is 5.98. The van der Waals surface area contributed by atoms with Gasteiger partial charge in [-0.25, -0.2) is 4.79 Å². The lowest BCUT2D eigenvalue weighted by Gasteiger charge is -2.23. The molecule has 0 radical (unpaired) electrons. The van der Waals surface area contributed by atoms with Crippen LogP contribution in [0.4, 0.5) is 0 Å². The molecule has 0 aromatic heterocycles. The van der Waals surface area contributed by atoms with Crippen LogP contribution in [0.2, 0.25) is 0 Å². The maximum absolute atomic E-state index is 13.2. The summed E-state index contributed by atoms with van der Waals surface area (Å²) in [7, 11) is 0. The summed E-state index contributed by atoms with van der Waals surface area (Å²) in [6.45, 7) is 1.96. The maximum Gasteiger partial charge on any atom is 0.326 e. The van der Waals surface area contributed by atoms with E-state index in [1.165, 1.54) is 0 Å². The summed E-state index contributed by atoms with van der Waals surface area (Å²) in [6.07, 6.45) is 2.33. The molecule has 0 fully saturated rings. The summed E-state index contributed by atoms with van der Waals surface area (Å²) in [4.78, 5) is 37.8. The van der Waals surface area contributed by atoms with E-state index in [-0.39, 0.29) is 6.42 Å². The zero-order chi connectivity index (χ0) is 25.2. The molecule has 3 aromatic carbocycles. The Morgan fingerprint density at radius 2 is 1.46 bits per heavy atom. The highest BCUT2D eigenvalue weighted by atomic mass is 16.4. The van der Waals surface area contributed by atoms with E-state index in [2.05, 4.69) is 10.6 Å². The summed E-state index contributed by atoms with van der Waals surface area (Å²) in [5.74, 6) is -2.10. The van der Waals surface area contributed by atoms with Crippen molar-refractivity contribution in [3.63, 3.8) is 0 Å². The number of rotatable bonds is 12. The van der Waals surface area contributed by atoms with Gasteiger partial charge in [0.25, 0.3) is 0 Å². The second kappa shape index (κ2) is 12.7. The number of hydrogen-bond acceptors (Lipinski definition) is 4. The lowest BCUT2D eigenvalue weighted by Crippen LogP contribution is -2.55. The van der Waals surface area contributed by atoms with E-state index in [0.717, 1.165) is 28.3 Å². The van der Waals surface area contributed by atoms with E-state index >= 15 is 0 Å². The number of aliphatic carboxylic acids is 1. The fraction of sp³-hybridized carbons (Fsp3) is 0.321. The average Bonchev–Trinajstić information content (AvgIpc) is 2.86. The number of hydrogen-bond donors (Lipinski definition) is 4. The van der Waals surface area contributed by atoms with Gasteiger partial charge in [-0.2, -0.15) is 0 Å². The minimum absolute atomic E-state index is 0.209. The number of carbonyl (C=O) groups is 3. The van der Waals surface area contributed by atoms with Crippen LogP contribution in [0.3, 0.4) is 0 Å². The molecule has 0 bridgehead atoms. The van der Waals surface area contributed by atoms with Crippen molar-refractivity contribution in [3.05, 3.63) is 83.9 Å². The van der Waals surface area contributed by atoms with Crippen molar-refractivity contribution in [3.8, 4) is 0 Å². The Hall–Kier alpha value is -3.71. The number of benzene rings is 3. The molecule has 184 valence electrons. The quantitative estimate of drug-likeness (QED) is 0.321. The number of carboxylic acids is 1. The van der Waals surface area contributed by atoms with E-state index in [9.17, 15) is 19.5 Å². The molecule has 0 saturated heterocycles. The first-order chi connectivity index (χ1) is 16.9. The molecule has 3 aromatic rings. The molecular formula is C28H33N3O4. The van der Waals surface area contributed by atoms with Crippen molar-refractivity contribution in [1.29, 1.82) is 0 Å². The largest absolute Gasteiger partial charge is 0.480 e. The summed E-state index contributed by atoms with van der Waals surface area (Å²) in [6, 6.07) is 20.3. The molecular weight excluding hydrogens is 442 g/mol. The van der Waals surface area contributed by atoms with Crippen LogP contribution in [-0.4, -0.2) is 41.0 Å². The maximum atomic E-state index is 13.2. The third-order valence-corrected chi connectivity index (χ3v) is 5.98. The molecule has 5 N–H and O–H groups in total. The third kappa shape index (κ3) is 7.65. The van der Waals surface area contributed by atoms with Crippen LogP contribution in [0, 0.1) is 0 Å². The molecule has 7 heteroatoms. The number of nitrogens with two attached hydrogens (primary N) is 1. The zero-order valence-corrected chi connectivity index (χ0v) is 19.9. The van der Waals surface area contributed by atoms with Crippen LogP contribution in [-0.2, 0) is 27.2 Å². The van der Waals surface area contributed by atoms with Gasteiger partial charge in [-0.15, -0.1) is 0 Å². The Kier molecular flexibility index (Phi) is 9.38. The van der Waals surface area contributed by atoms with E-state index in [0.29, 0.717) is 19.3 Å². The van der Waals surface area contributed by atoms with E-state index in [4.69, 9.17) is 5.73 Å². The van der Waals surface area contributed by atoms with Gasteiger partial charge in [0.1, 0.15) is 12.1 Å². The molecule has 0 unspecified atom stereocenters. The monoisotopic (exact) mass is 475 g/mol. The van der Waals surface area contributed by atoms with Gasteiger partial charge >= 0.3 is 5.97 Å². The van der Waals surface area contributed by atoms with Crippen LogP contribution in [0.15, 0.2) is 72.8 Å². The molecule has 0 aliphatic heterocycles. The smallest absolute Gasteiger partial charge is 0.326 e. The fourth-order valence-electron chi connectivity index (χ4n) is 3.99. The first-order valence-electron chi connectivity index (χ1n) is 12.0. The van der Waals surface area contributed by atoms with E-state index in [1.54, 1.807) is 0 Å². The minimum atomic E-state index is -1.09. The SMILES string of the molecule is CCCC[C@H](NC(=O)[C@H](Cc1ccc2ccccc2c1)NC(=O)[C@@H](N)Cc1ccccc1)C(=O)O. The van der Waals surface area contributed by atoms with Crippen LogP contribution >= 0.6 is 0 Å². The van der Waals surface area contributed by atoms with E-state index in [1.807, 2.05) is 79.7 Å². The Morgan fingerprint density at radius 3 is 2.14 bits per heavy atom. The number of carbonyl (C=O) groups excluding carboxylic acids is 2. The Bertz CT molecular complexity index is 1150. The van der Waals surface area contributed by atoms with Crippen molar-refractivity contribution < 1.29 is 19.5 Å². The molecule has 0 saturated carbocycles. The van der Waals surface area contributed by atoms with Crippen LogP contribution in [0.5, 0.6) is 0 Å². The molecule has 7 nitrogen and oxygen atoms in total. The lowest BCUT2D eigenvalue weighted by molar-refractivity contribution is -0.142. The number of nitrogens with one attached hydrogen (secondary N) is 2. The first-order valence-corrected chi connectivity index (χ1v) is 12.0. The van der Waals surface area contributed by atoms with Crippen LogP contribution < -0.4 is 16.4 Å². The van der Waals surface area contributed by atoms with Gasteiger partial charge in [0.05, 0.1) is 6.04 Å². The number of carboxylic acid groups (broad SMARTS) is 1. The van der Waals surface area contributed by atoms with E-state index < -0.39 is 35.9 Å². The second-order valence-electron chi connectivity index (χ2n) is 8.78. The zero-order valence-electron chi connectivity index (χ0n) is 19.9. The lowest BCUT2D eigenvalue weighted by atomic mass is 9.99. The molecule has 2 amide bonds. The normalized spacial score (nSPS) is 13.5. The second-order valence-corrected chi connectivity index (χ2v) is 8.78. The summed E-state index contributed by atoms with van der Waals surface area (Å²) < 4.78 is 0.